The summed E-state index contributed by atoms with van der Waals surface area (Å²) < 4.78 is 1.80. The number of hydrogen-bond donors (Lipinski definition) is 4. The molecule has 0 radical (unpaired) electrons. The summed E-state index contributed by atoms with van der Waals surface area (Å²) in [7, 11) is 1.83. The van der Waals surface area contributed by atoms with E-state index in [1.807, 2.05) is 7.05 Å². The van der Waals surface area contributed by atoms with Crippen molar-refractivity contribution in [3.8, 4) is 0 Å². The summed E-state index contributed by atoms with van der Waals surface area (Å²) in [6, 6.07) is 1.62. The first kappa shape index (κ1) is 19.2. The van der Waals surface area contributed by atoms with Crippen LogP contribution in [0.5, 0.6) is 0 Å². The normalized spacial score (nSPS) is 22.0. The molecule has 2 aromatic rings. The number of hydrogen-bond acceptors (Lipinski definition) is 7. The number of rotatable bonds is 4. The van der Waals surface area contributed by atoms with E-state index in [1.165, 1.54) is 6.33 Å². The second-order valence-electron chi connectivity index (χ2n) is 8.61. The van der Waals surface area contributed by atoms with Crippen molar-refractivity contribution in [1.29, 1.82) is 0 Å². The Morgan fingerprint density at radius 1 is 1.23 bits per heavy atom. The van der Waals surface area contributed by atoms with E-state index in [1.54, 1.807) is 16.8 Å². The molecular weight excluding hydrogens is 384 g/mol. The molecule has 2 saturated carbocycles. The van der Waals surface area contributed by atoms with Crippen LogP contribution in [-0.4, -0.2) is 25.5 Å². The zero-order valence-corrected chi connectivity index (χ0v) is 16.9. The molecule has 3 aliphatic rings. The highest BCUT2D eigenvalue weighted by molar-refractivity contribution is 5.93. The summed E-state index contributed by atoms with van der Waals surface area (Å²) in [6.07, 6.45) is 8.86. The minimum Gasteiger partial charge on any atom is -0.373 e. The van der Waals surface area contributed by atoms with Crippen LogP contribution in [0.2, 0.25) is 0 Å². The van der Waals surface area contributed by atoms with Crippen molar-refractivity contribution < 1.29 is 9.90 Å². The lowest BCUT2D eigenvalue weighted by atomic mass is 9.78. The Hall–Kier alpha value is -2.78. The average Bonchev–Trinajstić information content (AvgIpc) is 3.52. The maximum atomic E-state index is 13.5. The van der Waals surface area contributed by atoms with Crippen molar-refractivity contribution in [2.75, 3.05) is 10.6 Å². The lowest BCUT2D eigenvalue weighted by molar-refractivity contribution is -0.117. The fourth-order valence-corrected chi connectivity index (χ4v) is 4.79. The highest BCUT2D eigenvalue weighted by Crippen LogP contribution is 2.44. The Morgan fingerprint density at radius 2 is 1.97 bits per heavy atom. The molecule has 0 bridgehead atoms. The molecule has 0 saturated heterocycles. The Labute approximate surface area is 173 Å². The Kier molecular flexibility index (Phi) is 4.59. The quantitative estimate of drug-likeness (QED) is 0.608. The third-order valence-corrected chi connectivity index (χ3v) is 6.42. The molecule has 9 nitrogen and oxygen atoms in total. The molecule has 9 heteroatoms. The van der Waals surface area contributed by atoms with Crippen LogP contribution in [0, 0.1) is 5.92 Å². The SMILES string of the molecule is Cn1cc(Nc2cc(NC(=O)C3CC3)ncn2)c(=O)c2c1C(O)NC21CCCCC1. The first-order chi connectivity index (χ1) is 14.5. The largest absolute Gasteiger partial charge is 0.373 e. The van der Waals surface area contributed by atoms with Crippen molar-refractivity contribution in [3.05, 3.63) is 40.1 Å². The summed E-state index contributed by atoms with van der Waals surface area (Å²) in [6.45, 7) is 0. The molecule has 5 rings (SSSR count). The lowest BCUT2D eigenvalue weighted by Crippen LogP contribution is -2.42. The summed E-state index contributed by atoms with van der Waals surface area (Å²) in [5, 5.41) is 19.8. The van der Waals surface area contributed by atoms with Gasteiger partial charge < -0.3 is 20.3 Å². The summed E-state index contributed by atoms with van der Waals surface area (Å²) in [4.78, 5) is 33.8. The van der Waals surface area contributed by atoms with Gasteiger partial charge in [0, 0.05) is 30.8 Å². The zero-order chi connectivity index (χ0) is 20.9. The lowest BCUT2D eigenvalue weighted by Gasteiger charge is -2.34. The molecule has 2 aromatic heterocycles. The third kappa shape index (κ3) is 3.27. The predicted molar refractivity (Wildman–Crippen MR) is 111 cm³/mol. The fourth-order valence-electron chi connectivity index (χ4n) is 4.79. The number of aryl methyl sites for hydroxylation is 1. The predicted octanol–water partition coefficient (Wildman–Crippen LogP) is 2.02. The molecule has 1 atom stereocenters. The topological polar surface area (TPSA) is 121 Å². The van der Waals surface area contributed by atoms with E-state index >= 15 is 0 Å². The minimum absolute atomic E-state index is 0.0348. The number of aliphatic hydroxyl groups is 1. The number of aliphatic hydroxyl groups excluding tert-OH is 1. The van der Waals surface area contributed by atoms with E-state index in [0.717, 1.165) is 44.9 Å². The van der Waals surface area contributed by atoms with Crippen LogP contribution in [0.4, 0.5) is 17.3 Å². The maximum Gasteiger partial charge on any atom is 0.228 e. The highest BCUT2D eigenvalue weighted by atomic mass is 16.3. The fraction of sp³-hybridized carbons (Fsp3) is 0.524. The Morgan fingerprint density at radius 3 is 2.70 bits per heavy atom. The van der Waals surface area contributed by atoms with Gasteiger partial charge in [0.05, 0.1) is 11.2 Å². The molecule has 1 spiro atoms. The van der Waals surface area contributed by atoms with E-state index in [4.69, 9.17) is 0 Å². The van der Waals surface area contributed by atoms with E-state index in [9.17, 15) is 14.7 Å². The van der Waals surface area contributed by atoms with Crippen LogP contribution in [0.15, 0.2) is 23.4 Å². The van der Waals surface area contributed by atoms with Crippen LogP contribution in [0.3, 0.4) is 0 Å². The number of nitrogens with one attached hydrogen (secondary N) is 3. The standard InChI is InChI=1S/C21H26N6O3/c1-27-10-13(24-14-9-15(23-11-22-14)25-19(29)12-5-6-12)18(28)16-17(27)20(30)26-21(16)7-3-2-4-8-21/h9-12,20,26,30H,2-8H2,1H3,(H2,22,23,24,25,29). The number of carbonyl (C=O) groups excluding carboxylic acids is 1. The van der Waals surface area contributed by atoms with E-state index < -0.39 is 11.8 Å². The van der Waals surface area contributed by atoms with Crippen molar-refractivity contribution >= 4 is 23.2 Å². The van der Waals surface area contributed by atoms with Crippen LogP contribution < -0.4 is 21.4 Å². The van der Waals surface area contributed by atoms with E-state index in [2.05, 4.69) is 25.9 Å². The number of aromatic nitrogens is 3. The summed E-state index contributed by atoms with van der Waals surface area (Å²) in [5.74, 6) is 0.874. The summed E-state index contributed by atoms with van der Waals surface area (Å²) >= 11 is 0. The van der Waals surface area contributed by atoms with Crippen LogP contribution in [0.1, 0.15) is 62.4 Å². The van der Waals surface area contributed by atoms with Gasteiger partial charge >= 0.3 is 0 Å². The van der Waals surface area contributed by atoms with Crippen molar-refractivity contribution in [2.45, 2.75) is 56.7 Å². The molecule has 2 fully saturated rings. The number of carbonyl (C=O) groups is 1. The molecule has 158 valence electrons. The van der Waals surface area contributed by atoms with E-state index in [-0.39, 0.29) is 17.3 Å². The van der Waals surface area contributed by atoms with Gasteiger partial charge in [0.15, 0.2) is 0 Å². The van der Waals surface area contributed by atoms with Gasteiger partial charge in [-0.25, -0.2) is 9.97 Å². The number of pyridine rings is 1. The first-order valence-corrected chi connectivity index (χ1v) is 10.6. The number of fused-ring (bicyclic) bond motifs is 2. The first-order valence-electron chi connectivity index (χ1n) is 10.6. The molecule has 3 heterocycles. The molecule has 0 aromatic carbocycles. The molecule has 2 aliphatic carbocycles. The number of nitrogens with zero attached hydrogens (tertiary/aromatic N) is 3. The second-order valence-corrected chi connectivity index (χ2v) is 8.61. The van der Waals surface area contributed by atoms with E-state index in [0.29, 0.717) is 28.6 Å². The number of anilines is 3. The van der Waals surface area contributed by atoms with Crippen LogP contribution in [-0.2, 0) is 17.4 Å². The van der Waals surface area contributed by atoms with Crippen LogP contribution >= 0.6 is 0 Å². The summed E-state index contributed by atoms with van der Waals surface area (Å²) in [5.41, 5.74) is 1.06. The van der Waals surface area contributed by atoms with Crippen molar-refractivity contribution in [1.82, 2.24) is 19.9 Å². The van der Waals surface area contributed by atoms with Gasteiger partial charge in [0.25, 0.3) is 0 Å². The second kappa shape index (κ2) is 7.17. The van der Waals surface area contributed by atoms with Gasteiger partial charge in [0.1, 0.15) is 29.9 Å². The Balaban J connectivity index is 1.48. The van der Waals surface area contributed by atoms with Gasteiger partial charge in [-0.2, -0.15) is 0 Å². The molecule has 4 N–H and O–H groups in total. The molecule has 1 amide bonds. The smallest absolute Gasteiger partial charge is 0.228 e. The zero-order valence-electron chi connectivity index (χ0n) is 16.9. The molecular formula is C21H26N6O3. The average molecular weight is 410 g/mol. The van der Waals surface area contributed by atoms with Gasteiger partial charge in [-0.1, -0.05) is 19.3 Å². The van der Waals surface area contributed by atoms with Gasteiger partial charge in [-0.3, -0.25) is 14.9 Å². The van der Waals surface area contributed by atoms with Crippen LogP contribution in [0.25, 0.3) is 0 Å². The third-order valence-electron chi connectivity index (χ3n) is 6.42. The van der Waals surface area contributed by atoms with Crippen molar-refractivity contribution in [3.63, 3.8) is 0 Å². The van der Waals surface area contributed by atoms with Gasteiger partial charge in [0.2, 0.25) is 11.3 Å². The Bertz CT molecular complexity index is 1060. The maximum absolute atomic E-state index is 13.5. The number of amides is 1. The molecule has 1 unspecified atom stereocenters. The van der Waals surface area contributed by atoms with Gasteiger partial charge in [-0.05, 0) is 25.7 Å². The van der Waals surface area contributed by atoms with Crippen molar-refractivity contribution in [2.24, 2.45) is 13.0 Å². The molecule has 30 heavy (non-hydrogen) atoms. The minimum atomic E-state index is -0.854. The monoisotopic (exact) mass is 410 g/mol. The highest BCUT2D eigenvalue weighted by Gasteiger charge is 2.46. The van der Waals surface area contributed by atoms with Gasteiger partial charge in [-0.15, -0.1) is 0 Å². The molecule has 1 aliphatic heterocycles.